The molecule has 1 aromatic carbocycles. The summed E-state index contributed by atoms with van der Waals surface area (Å²) in [5.41, 5.74) is -0.121. The second kappa shape index (κ2) is 6.48. The molecular weight excluding hydrogens is 308 g/mol. The number of aromatic nitrogens is 2. The Bertz CT molecular complexity index is 714. The van der Waals surface area contributed by atoms with Crippen LogP contribution in [0.15, 0.2) is 18.2 Å². The van der Waals surface area contributed by atoms with Gasteiger partial charge in [0, 0.05) is 18.1 Å². The number of amides is 1. The van der Waals surface area contributed by atoms with Crippen LogP contribution in [0.4, 0.5) is 10.8 Å². The lowest BCUT2D eigenvalue weighted by Crippen LogP contribution is -2.13. The van der Waals surface area contributed by atoms with Crippen LogP contribution in [-0.4, -0.2) is 28.1 Å². The van der Waals surface area contributed by atoms with Gasteiger partial charge in [0.1, 0.15) is 10.8 Å². The highest BCUT2D eigenvalue weighted by Gasteiger charge is 2.19. The molecule has 0 aliphatic heterocycles. The largest absolute Gasteiger partial charge is 0.496 e. The van der Waals surface area contributed by atoms with Crippen LogP contribution in [0.25, 0.3) is 0 Å². The summed E-state index contributed by atoms with van der Waals surface area (Å²) in [7, 11) is 1.39. The van der Waals surface area contributed by atoms with E-state index >= 15 is 0 Å². The van der Waals surface area contributed by atoms with Crippen LogP contribution in [0.5, 0.6) is 5.75 Å². The average Bonchev–Trinajstić information content (AvgIpc) is 2.95. The Morgan fingerprint density at radius 1 is 1.41 bits per heavy atom. The molecule has 2 aromatic rings. The van der Waals surface area contributed by atoms with E-state index in [0.29, 0.717) is 5.13 Å². The van der Waals surface area contributed by atoms with E-state index in [0.717, 1.165) is 5.01 Å². The summed E-state index contributed by atoms with van der Waals surface area (Å²) < 4.78 is 5.07. The third-order valence-electron chi connectivity index (χ3n) is 2.79. The second-order valence-electron chi connectivity index (χ2n) is 4.70. The van der Waals surface area contributed by atoms with Gasteiger partial charge in [-0.3, -0.25) is 20.2 Å². The van der Waals surface area contributed by atoms with Crippen molar-refractivity contribution < 1.29 is 14.5 Å². The minimum Gasteiger partial charge on any atom is -0.496 e. The van der Waals surface area contributed by atoms with Crippen LogP contribution in [-0.2, 0) is 0 Å². The van der Waals surface area contributed by atoms with Gasteiger partial charge in [-0.2, -0.15) is 0 Å². The molecule has 1 amide bonds. The maximum absolute atomic E-state index is 12.3. The number of rotatable bonds is 5. The lowest BCUT2D eigenvalue weighted by atomic mass is 10.1. The molecule has 9 heteroatoms. The van der Waals surface area contributed by atoms with Crippen molar-refractivity contribution in [3.63, 3.8) is 0 Å². The molecular formula is C13H14N4O4S. The molecule has 0 bridgehead atoms. The maximum atomic E-state index is 12.3. The van der Waals surface area contributed by atoms with Crippen molar-refractivity contribution in [2.24, 2.45) is 0 Å². The number of anilines is 1. The average molecular weight is 322 g/mol. The van der Waals surface area contributed by atoms with E-state index in [4.69, 9.17) is 4.74 Å². The van der Waals surface area contributed by atoms with Crippen molar-refractivity contribution in [3.05, 3.63) is 38.9 Å². The Morgan fingerprint density at radius 2 is 2.14 bits per heavy atom. The topological polar surface area (TPSA) is 107 Å². The lowest BCUT2D eigenvalue weighted by molar-refractivity contribution is -0.384. The highest BCUT2D eigenvalue weighted by Crippen LogP contribution is 2.27. The van der Waals surface area contributed by atoms with E-state index < -0.39 is 10.8 Å². The third-order valence-corrected chi connectivity index (χ3v) is 3.93. The summed E-state index contributed by atoms with van der Waals surface area (Å²) in [5, 5.41) is 22.4. The number of nitro benzene ring substituents is 1. The second-order valence-corrected chi connectivity index (χ2v) is 5.71. The van der Waals surface area contributed by atoms with E-state index in [1.165, 1.54) is 36.6 Å². The van der Waals surface area contributed by atoms with Gasteiger partial charge < -0.3 is 4.74 Å². The van der Waals surface area contributed by atoms with Crippen LogP contribution in [0.3, 0.4) is 0 Å². The highest BCUT2D eigenvalue weighted by atomic mass is 32.1. The fraction of sp³-hybridized carbons (Fsp3) is 0.308. The minimum atomic E-state index is -0.571. The molecule has 0 spiro atoms. The van der Waals surface area contributed by atoms with Gasteiger partial charge >= 0.3 is 0 Å². The molecule has 1 heterocycles. The fourth-order valence-corrected chi connectivity index (χ4v) is 2.41. The Hall–Kier alpha value is -2.55. The molecule has 0 atom stereocenters. The first-order chi connectivity index (χ1) is 10.4. The zero-order chi connectivity index (χ0) is 16.3. The molecule has 0 aliphatic carbocycles. The molecule has 1 aromatic heterocycles. The summed E-state index contributed by atoms with van der Waals surface area (Å²) in [6, 6.07) is 3.82. The number of nitrogens with zero attached hydrogens (tertiary/aromatic N) is 3. The van der Waals surface area contributed by atoms with Gasteiger partial charge in [-0.25, -0.2) is 0 Å². The normalized spacial score (nSPS) is 10.5. The number of hydrogen-bond acceptors (Lipinski definition) is 7. The molecule has 1 N–H and O–H groups in total. The van der Waals surface area contributed by atoms with E-state index in [9.17, 15) is 14.9 Å². The summed E-state index contributed by atoms with van der Waals surface area (Å²) in [4.78, 5) is 22.5. The first kappa shape index (κ1) is 15.8. The van der Waals surface area contributed by atoms with Crippen molar-refractivity contribution in [3.8, 4) is 5.75 Å². The van der Waals surface area contributed by atoms with E-state index in [-0.39, 0.29) is 22.9 Å². The standard InChI is InChI=1S/C13H14N4O4S/c1-7(2)12-15-16-13(22-12)14-11(18)9-6-8(17(19)20)4-5-10(9)21-3/h4-7H,1-3H3,(H,14,16,18). The minimum absolute atomic E-state index is 0.0676. The smallest absolute Gasteiger partial charge is 0.270 e. The van der Waals surface area contributed by atoms with E-state index in [1.807, 2.05) is 13.8 Å². The zero-order valence-electron chi connectivity index (χ0n) is 12.2. The predicted octanol–water partition coefficient (Wildman–Crippen LogP) is 2.83. The summed E-state index contributed by atoms with van der Waals surface area (Å²) in [6.45, 7) is 3.94. The van der Waals surface area contributed by atoms with Crippen molar-refractivity contribution in [1.82, 2.24) is 10.2 Å². The van der Waals surface area contributed by atoms with Crippen LogP contribution >= 0.6 is 11.3 Å². The number of nitrogens with one attached hydrogen (secondary N) is 1. The number of non-ortho nitro benzene ring substituents is 1. The van der Waals surface area contributed by atoms with Gasteiger partial charge in [0.05, 0.1) is 17.6 Å². The number of carbonyl (C=O) groups is 1. The maximum Gasteiger partial charge on any atom is 0.270 e. The van der Waals surface area contributed by atoms with Gasteiger partial charge in [0.15, 0.2) is 0 Å². The monoisotopic (exact) mass is 322 g/mol. The Balaban J connectivity index is 2.27. The predicted molar refractivity (Wildman–Crippen MR) is 81.6 cm³/mol. The first-order valence-corrected chi connectivity index (χ1v) is 7.21. The molecule has 0 aliphatic rings. The zero-order valence-corrected chi connectivity index (χ0v) is 13.0. The van der Waals surface area contributed by atoms with Crippen molar-refractivity contribution in [1.29, 1.82) is 0 Å². The number of ether oxygens (including phenoxy) is 1. The first-order valence-electron chi connectivity index (χ1n) is 6.39. The summed E-state index contributed by atoms with van der Waals surface area (Å²) in [6.07, 6.45) is 0. The Kier molecular flexibility index (Phi) is 4.66. The molecule has 2 rings (SSSR count). The van der Waals surface area contributed by atoms with Gasteiger partial charge in [-0.15, -0.1) is 10.2 Å². The molecule has 0 fully saturated rings. The van der Waals surface area contributed by atoms with Gasteiger partial charge in [0.25, 0.3) is 11.6 Å². The van der Waals surface area contributed by atoms with Crippen LogP contribution in [0.2, 0.25) is 0 Å². The fourth-order valence-electron chi connectivity index (χ4n) is 1.67. The lowest BCUT2D eigenvalue weighted by Gasteiger charge is -2.07. The number of benzene rings is 1. The molecule has 0 radical (unpaired) electrons. The van der Waals surface area contributed by atoms with Crippen LogP contribution in [0.1, 0.15) is 35.1 Å². The number of nitro groups is 1. The van der Waals surface area contributed by atoms with Crippen molar-refractivity contribution >= 4 is 28.1 Å². The van der Waals surface area contributed by atoms with Crippen molar-refractivity contribution in [2.75, 3.05) is 12.4 Å². The van der Waals surface area contributed by atoms with Crippen LogP contribution in [0, 0.1) is 10.1 Å². The van der Waals surface area contributed by atoms with Gasteiger partial charge in [-0.1, -0.05) is 25.2 Å². The highest BCUT2D eigenvalue weighted by molar-refractivity contribution is 7.15. The van der Waals surface area contributed by atoms with Crippen molar-refractivity contribution in [2.45, 2.75) is 19.8 Å². The molecule has 22 heavy (non-hydrogen) atoms. The number of carbonyl (C=O) groups excluding carboxylic acids is 1. The van der Waals surface area contributed by atoms with Crippen LogP contribution < -0.4 is 10.1 Å². The molecule has 116 valence electrons. The summed E-state index contributed by atoms with van der Waals surface area (Å²) in [5.74, 6) is -0.0841. The SMILES string of the molecule is COc1ccc([N+](=O)[O-])cc1C(=O)Nc1nnc(C(C)C)s1. The Labute approximate surface area is 130 Å². The molecule has 8 nitrogen and oxygen atoms in total. The molecule has 0 saturated carbocycles. The van der Waals surface area contributed by atoms with Gasteiger partial charge in [0.2, 0.25) is 5.13 Å². The molecule has 0 unspecified atom stereocenters. The summed E-state index contributed by atoms with van der Waals surface area (Å²) >= 11 is 1.26. The quantitative estimate of drug-likeness (QED) is 0.670. The van der Waals surface area contributed by atoms with Gasteiger partial charge in [-0.05, 0) is 6.07 Å². The Morgan fingerprint density at radius 3 is 2.68 bits per heavy atom. The van der Waals surface area contributed by atoms with E-state index in [2.05, 4.69) is 15.5 Å². The third kappa shape index (κ3) is 3.37. The molecule has 0 saturated heterocycles. The number of methoxy groups -OCH3 is 1. The number of hydrogen-bond donors (Lipinski definition) is 1. The van der Waals surface area contributed by atoms with E-state index in [1.54, 1.807) is 0 Å².